The monoisotopic (exact) mass is 386 g/mol. The second kappa shape index (κ2) is 8.30. The molecule has 0 aliphatic carbocycles. The van der Waals surface area contributed by atoms with Crippen LogP contribution in [0.15, 0.2) is 58.7 Å². The van der Waals surface area contributed by atoms with Crippen LogP contribution in [0.5, 0.6) is 0 Å². The smallest absolute Gasteiger partial charge is 0.263 e. The van der Waals surface area contributed by atoms with Crippen LogP contribution in [0.4, 0.5) is 0 Å². The first kappa shape index (κ1) is 19.0. The Bertz CT molecular complexity index is 942. The zero-order chi connectivity index (χ0) is 19.3. The third-order valence-electron chi connectivity index (χ3n) is 4.30. The molecule has 0 bridgehead atoms. The van der Waals surface area contributed by atoms with Gasteiger partial charge in [-0.15, -0.1) is 0 Å². The van der Waals surface area contributed by atoms with Gasteiger partial charge in [0.25, 0.3) is 10.0 Å². The van der Waals surface area contributed by atoms with Crippen LogP contribution in [-0.4, -0.2) is 31.2 Å². The average Bonchev–Trinajstić information content (AvgIpc) is 2.94. The third-order valence-corrected chi connectivity index (χ3v) is 5.69. The van der Waals surface area contributed by atoms with Gasteiger partial charge >= 0.3 is 0 Å². The van der Waals surface area contributed by atoms with Crippen LogP contribution in [0.25, 0.3) is 0 Å². The van der Waals surface area contributed by atoms with E-state index in [0.717, 1.165) is 18.4 Å². The van der Waals surface area contributed by atoms with E-state index in [1.807, 2.05) is 19.1 Å². The number of aliphatic imine (C=N–C) groups is 1. The molecular weight excluding hydrogens is 364 g/mol. The lowest BCUT2D eigenvalue weighted by molar-refractivity contribution is -0.122. The van der Waals surface area contributed by atoms with Crippen molar-refractivity contribution >= 4 is 21.8 Å². The van der Waals surface area contributed by atoms with Crippen molar-refractivity contribution in [2.45, 2.75) is 43.7 Å². The molecule has 0 saturated carbocycles. The Balaban J connectivity index is 1.81. The SMILES string of the molecule is CCCCC(N=C1NS(=O)(=O)c2ccccc21)C(=O)NCc1ccncc1. The molecular formula is C19H22N4O3S. The van der Waals surface area contributed by atoms with Gasteiger partial charge in [0.1, 0.15) is 11.9 Å². The van der Waals surface area contributed by atoms with Gasteiger partial charge in [0.2, 0.25) is 5.91 Å². The summed E-state index contributed by atoms with van der Waals surface area (Å²) in [5, 5.41) is 2.88. The van der Waals surface area contributed by atoms with Gasteiger partial charge < -0.3 is 5.32 Å². The summed E-state index contributed by atoms with van der Waals surface area (Å²) in [6, 6.07) is 9.64. The van der Waals surface area contributed by atoms with Crippen molar-refractivity contribution in [3.63, 3.8) is 0 Å². The van der Waals surface area contributed by atoms with Gasteiger partial charge in [-0.1, -0.05) is 31.9 Å². The first-order valence-corrected chi connectivity index (χ1v) is 10.4. The Kier molecular flexibility index (Phi) is 5.85. The van der Waals surface area contributed by atoms with E-state index in [1.165, 1.54) is 6.07 Å². The number of rotatable bonds is 7. The van der Waals surface area contributed by atoms with E-state index < -0.39 is 16.1 Å². The number of hydrogen-bond donors (Lipinski definition) is 2. The molecule has 2 N–H and O–H groups in total. The number of amides is 1. The molecule has 27 heavy (non-hydrogen) atoms. The molecule has 1 atom stereocenters. The first-order valence-electron chi connectivity index (χ1n) is 8.88. The van der Waals surface area contributed by atoms with E-state index in [2.05, 4.69) is 20.0 Å². The zero-order valence-electron chi connectivity index (χ0n) is 15.1. The molecule has 2 aromatic rings. The van der Waals surface area contributed by atoms with E-state index in [4.69, 9.17) is 0 Å². The second-order valence-electron chi connectivity index (χ2n) is 6.31. The van der Waals surface area contributed by atoms with Gasteiger partial charge in [-0.25, -0.2) is 8.42 Å². The topological polar surface area (TPSA) is 101 Å². The predicted octanol–water partition coefficient (Wildman–Crippen LogP) is 2.00. The number of carbonyl (C=O) groups is 1. The van der Waals surface area contributed by atoms with Crippen LogP contribution < -0.4 is 10.0 Å². The predicted molar refractivity (Wildman–Crippen MR) is 103 cm³/mol. The maximum atomic E-state index is 12.7. The van der Waals surface area contributed by atoms with Crippen LogP contribution in [0.2, 0.25) is 0 Å². The van der Waals surface area contributed by atoms with Gasteiger partial charge in [-0.3, -0.25) is 19.5 Å². The Morgan fingerprint density at radius 3 is 2.70 bits per heavy atom. The molecule has 1 aliphatic heterocycles. The molecule has 1 aromatic heterocycles. The maximum Gasteiger partial charge on any atom is 0.263 e. The fraction of sp³-hybridized carbons (Fsp3) is 0.316. The summed E-state index contributed by atoms with van der Waals surface area (Å²) in [5.74, 6) is 0.00195. The lowest BCUT2D eigenvalue weighted by Gasteiger charge is -2.14. The van der Waals surface area contributed by atoms with E-state index >= 15 is 0 Å². The minimum absolute atomic E-state index is 0.190. The summed E-state index contributed by atoms with van der Waals surface area (Å²) >= 11 is 0. The molecule has 0 fully saturated rings. The zero-order valence-corrected chi connectivity index (χ0v) is 15.9. The summed E-state index contributed by atoms with van der Waals surface area (Å²) in [6.45, 7) is 2.41. The van der Waals surface area contributed by atoms with Crippen LogP contribution in [0, 0.1) is 0 Å². The van der Waals surface area contributed by atoms with Crippen molar-refractivity contribution < 1.29 is 13.2 Å². The van der Waals surface area contributed by atoms with Crippen molar-refractivity contribution in [2.75, 3.05) is 0 Å². The fourth-order valence-electron chi connectivity index (χ4n) is 2.84. The lowest BCUT2D eigenvalue weighted by Crippen LogP contribution is -2.35. The molecule has 0 radical (unpaired) electrons. The second-order valence-corrected chi connectivity index (χ2v) is 7.96. The van der Waals surface area contributed by atoms with Gasteiger partial charge in [0.05, 0.1) is 4.90 Å². The number of hydrogen-bond acceptors (Lipinski definition) is 5. The average molecular weight is 386 g/mol. The lowest BCUT2D eigenvalue weighted by atomic mass is 10.1. The molecule has 2 heterocycles. The van der Waals surface area contributed by atoms with Crippen molar-refractivity contribution in [1.29, 1.82) is 0 Å². The number of nitrogens with zero attached hydrogens (tertiary/aromatic N) is 2. The number of sulfonamides is 1. The number of benzene rings is 1. The highest BCUT2D eigenvalue weighted by Crippen LogP contribution is 2.23. The summed E-state index contributed by atoms with van der Waals surface area (Å²) in [4.78, 5) is 21.3. The van der Waals surface area contributed by atoms with E-state index in [1.54, 1.807) is 30.6 Å². The summed E-state index contributed by atoms with van der Waals surface area (Å²) in [5.41, 5.74) is 1.44. The molecule has 7 nitrogen and oxygen atoms in total. The molecule has 1 amide bonds. The van der Waals surface area contributed by atoms with Gasteiger partial charge in [-0.05, 0) is 36.2 Å². The molecule has 142 valence electrons. The Hall–Kier alpha value is -2.74. The fourth-order valence-corrected chi connectivity index (χ4v) is 4.08. The number of unbranched alkanes of at least 4 members (excludes halogenated alkanes) is 1. The van der Waals surface area contributed by atoms with Crippen LogP contribution >= 0.6 is 0 Å². The number of nitrogens with one attached hydrogen (secondary N) is 2. The van der Waals surface area contributed by atoms with Gasteiger partial charge in [0.15, 0.2) is 0 Å². The molecule has 3 rings (SSSR count). The molecule has 8 heteroatoms. The highest BCUT2D eigenvalue weighted by Gasteiger charge is 2.31. The summed E-state index contributed by atoms with van der Waals surface area (Å²) in [7, 11) is -3.62. The maximum absolute atomic E-state index is 12.7. The minimum atomic E-state index is -3.62. The number of fused-ring (bicyclic) bond motifs is 1. The number of pyridine rings is 1. The Labute approximate surface area is 159 Å². The van der Waals surface area contributed by atoms with E-state index in [0.29, 0.717) is 18.5 Å². The number of amidine groups is 1. The molecule has 0 spiro atoms. The molecule has 1 unspecified atom stereocenters. The highest BCUT2D eigenvalue weighted by atomic mass is 32.2. The van der Waals surface area contributed by atoms with Crippen LogP contribution in [-0.2, 0) is 21.4 Å². The number of carbonyl (C=O) groups excluding carboxylic acids is 1. The molecule has 0 saturated heterocycles. The van der Waals surface area contributed by atoms with Gasteiger partial charge in [0, 0.05) is 24.5 Å². The summed E-state index contributed by atoms with van der Waals surface area (Å²) in [6.07, 6.45) is 5.62. The molecule has 1 aliphatic rings. The van der Waals surface area contributed by atoms with Crippen molar-refractivity contribution in [1.82, 2.24) is 15.0 Å². The quantitative estimate of drug-likeness (QED) is 0.760. The van der Waals surface area contributed by atoms with E-state index in [9.17, 15) is 13.2 Å². The third kappa shape index (κ3) is 4.51. The van der Waals surface area contributed by atoms with Crippen molar-refractivity contribution in [3.05, 3.63) is 59.9 Å². The highest BCUT2D eigenvalue weighted by molar-refractivity contribution is 7.90. The Morgan fingerprint density at radius 2 is 1.96 bits per heavy atom. The van der Waals surface area contributed by atoms with Crippen LogP contribution in [0.3, 0.4) is 0 Å². The van der Waals surface area contributed by atoms with Crippen molar-refractivity contribution in [2.24, 2.45) is 4.99 Å². The number of aromatic nitrogens is 1. The largest absolute Gasteiger partial charge is 0.350 e. The summed E-state index contributed by atoms with van der Waals surface area (Å²) < 4.78 is 26.9. The normalized spacial score (nSPS) is 17.1. The molecule has 1 aromatic carbocycles. The van der Waals surface area contributed by atoms with E-state index in [-0.39, 0.29) is 16.6 Å². The van der Waals surface area contributed by atoms with Gasteiger partial charge in [-0.2, -0.15) is 0 Å². The standard InChI is InChI=1S/C19H22N4O3S/c1-2-3-7-16(19(24)21-13-14-9-11-20-12-10-14)22-18-15-6-4-5-8-17(15)27(25,26)23-18/h4-6,8-12,16H,2-3,7,13H2,1H3,(H,21,24)(H,22,23). The minimum Gasteiger partial charge on any atom is -0.350 e. The van der Waals surface area contributed by atoms with Crippen molar-refractivity contribution in [3.8, 4) is 0 Å². The first-order chi connectivity index (χ1) is 13.0. The Morgan fingerprint density at radius 1 is 1.22 bits per heavy atom. The van der Waals surface area contributed by atoms with Crippen LogP contribution in [0.1, 0.15) is 37.3 Å².